The van der Waals surface area contributed by atoms with Gasteiger partial charge in [0.1, 0.15) is 5.82 Å². The Kier molecular flexibility index (Phi) is 13.6. The van der Waals surface area contributed by atoms with Gasteiger partial charge in [-0.25, -0.2) is 0 Å². The highest BCUT2D eigenvalue weighted by Crippen LogP contribution is 2.31. The second kappa shape index (κ2) is 17.8. The van der Waals surface area contributed by atoms with E-state index in [1.807, 2.05) is 11.0 Å². The van der Waals surface area contributed by atoms with E-state index in [4.69, 9.17) is 20.4 Å². The minimum Gasteiger partial charge on any atom is -0.477 e. The van der Waals surface area contributed by atoms with Crippen LogP contribution in [0.4, 0.5) is 17.2 Å². The predicted octanol–water partition coefficient (Wildman–Crippen LogP) is 4.25. The van der Waals surface area contributed by atoms with E-state index >= 15 is 0 Å². The molecule has 1 amide bonds. The lowest BCUT2D eigenvalue weighted by atomic mass is 9.94. The minimum atomic E-state index is 0.292. The summed E-state index contributed by atoms with van der Waals surface area (Å²) in [5, 5.41) is 3.40. The average molecular weight is 624 g/mol. The van der Waals surface area contributed by atoms with E-state index in [-0.39, 0.29) is 0 Å². The van der Waals surface area contributed by atoms with Crippen molar-refractivity contribution in [3.8, 4) is 5.88 Å². The molecule has 0 unspecified atom stereocenters. The lowest BCUT2D eigenvalue weighted by Gasteiger charge is -2.37. The Hall–Kier alpha value is -3.57. The molecule has 3 aliphatic heterocycles. The fourth-order valence-electron chi connectivity index (χ4n) is 6.43. The van der Waals surface area contributed by atoms with Crippen LogP contribution in [0, 0.1) is 5.92 Å². The number of nitrogen functional groups attached to an aromatic ring is 1. The SMILES string of the molecule is CCCCC(=O)N1CCN(c2cc(NN)cc([C@H](CC)CN3CC[C@@H](COc4ccc5c(n4)NCCC5)C3)c2)CC1.COC=O. The largest absolute Gasteiger partial charge is 0.477 e. The van der Waals surface area contributed by atoms with E-state index in [2.05, 4.69) is 63.4 Å². The van der Waals surface area contributed by atoms with Crippen molar-refractivity contribution in [3.05, 3.63) is 41.5 Å². The van der Waals surface area contributed by atoms with Gasteiger partial charge in [-0.15, -0.1) is 0 Å². The first kappa shape index (κ1) is 34.3. The van der Waals surface area contributed by atoms with E-state index in [9.17, 15) is 4.79 Å². The van der Waals surface area contributed by atoms with Gasteiger partial charge in [0.2, 0.25) is 11.8 Å². The minimum absolute atomic E-state index is 0.292. The number of fused-ring (bicyclic) bond motifs is 1. The van der Waals surface area contributed by atoms with Crippen LogP contribution >= 0.6 is 0 Å². The van der Waals surface area contributed by atoms with Gasteiger partial charge in [0, 0.05) is 69.9 Å². The molecule has 11 nitrogen and oxygen atoms in total. The second-order valence-electron chi connectivity index (χ2n) is 12.3. The number of pyridine rings is 1. The Morgan fingerprint density at radius 3 is 2.69 bits per heavy atom. The molecule has 4 N–H and O–H groups in total. The number of hydrogen-bond acceptors (Lipinski definition) is 10. The van der Waals surface area contributed by atoms with Crippen LogP contribution in [0.1, 0.15) is 69.4 Å². The number of aromatic nitrogens is 1. The van der Waals surface area contributed by atoms with E-state index in [0.717, 1.165) is 108 Å². The first-order valence-corrected chi connectivity index (χ1v) is 16.7. The van der Waals surface area contributed by atoms with Crippen molar-refractivity contribution in [2.45, 2.75) is 64.7 Å². The third kappa shape index (κ3) is 9.96. The van der Waals surface area contributed by atoms with Crippen LogP contribution in [-0.4, -0.2) is 93.2 Å². The quantitative estimate of drug-likeness (QED) is 0.169. The van der Waals surface area contributed by atoms with E-state index in [0.29, 0.717) is 37.2 Å². The highest BCUT2D eigenvalue weighted by molar-refractivity contribution is 5.76. The maximum Gasteiger partial charge on any atom is 0.292 e. The molecule has 1 aromatic carbocycles. The van der Waals surface area contributed by atoms with Crippen LogP contribution in [0.25, 0.3) is 0 Å². The van der Waals surface area contributed by atoms with Gasteiger partial charge in [-0.1, -0.05) is 20.3 Å². The van der Waals surface area contributed by atoms with Gasteiger partial charge in [-0.2, -0.15) is 4.98 Å². The number of likely N-dealkylation sites (tertiary alicyclic amines) is 1. The number of ether oxygens (including phenoxy) is 2. The fraction of sp³-hybridized carbons (Fsp3) is 0.618. The second-order valence-corrected chi connectivity index (χ2v) is 12.3. The van der Waals surface area contributed by atoms with Gasteiger partial charge in [0.25, 0.3) is 6.47 Å². The number of hydrazine groups is 1. The predicted molar refractivity (Wildman–Crippen MR) is 180 cm³/mol. The molecule has 0 saturated carbocycles. The molecule has 2 fully saturated rings. The maximum absolute atomic E-state index is 12.5. The molecule has 2 saturated heterocycles. The normalized spacial score (nSPS) is 18.6. The molecule has 248 valence electrons. The van der Waals surface area contributed by atoms with Gasteiger partial charge in [0.15, 0.2) is 0 Å². The van der Waals surface area contributed by atoms with E-state index in [1.165, 1.54) is 23.9 Å². The molecule has 2 aromatic rings. The van der Waals surface area contributed by atoms with Crippen LogP contribution < -0.4 is 26.2 Å². The molecule has 0 spiro atoms. The number of hydrogen-bond donors (Lipinski definition) is 3. The zero-order chi connectivity index (χ0) is 32.0. The summed E-state index contributed by atoms with van der Waals surface area (Å²) < 4.78 is 10.0. The summed E-state index contributed by atoms with van der Waals surface area (Å²) >= 11 is 0. The summed E-state index contributed by atoms with van der Waals surface area (Å²) in [7, 11) is 1.31. The zero-order valence-electron chi connectivity index (χ0n) is 27.4. The molecule has 0 bridgehead atoms. The van der Waals surface area contributed by atoms with Gasteiger partial charge in [-0.05, 0) is 80.0 Å². The standard InChI is InChI=1S/C32H49N7O2.C2H4O2/c1-3-5-8-31(40)39-16-14-38(15-17-39)29-19-27(18-28(20-29)36-33)25(4-2)22-37-13-11-24(21-37)23-41-30-10-9-26-7-6-12-34-32(26)35-30;1-4-2-3/h9-10,18-20,24-25,36H,3-8,11-17,21-23,33H2,1-2H3,(H,34,35);2H,1H3/t24-,25-;/m1./s1. The van der Waals surface area contributed by atoms with Crippen molar-refractivity contribution < 1.29 is 19.1 Å². The number of benzene rings is 1. The van der Waals surface area contributed by atoms with Crippen molar-refractivity contribution in [1.82, 2.24) is 14.8 Å². The van der Waals surface area contributed by atoms with Crippen LogP contribution in [0.15, 0.2) is 30.3 Å². The van der Waals surface area contributed by atoms with E-state index < -0.39 is 0 Å². The number of piperazine rings is 1. The monoisotopic (exact) mass is 623 g/mol. The molecule has 45 heavy (non-hydrogen) atoms. The number of methoxy groups -OCH3 is 1. The molecule has 1 aromatic heterocycles. The molecule has 0 aliphatic carbocycles. The number of nitrogens with one attached hydrogen (secondary N) is 2. The van der Waals surface area contributed by atoms with Crippen LogP contribution in [-0.2, 0) is 20.7 Å². The number of amides is 1. The summed E-state index contributed by atoms with van der Waals surface area (Å²) in [4.78, 5) is 33.2. The van der Waals surface area contributed by atoms with Crippen molar-refractivity contribution in [3.63, 3.8) is 0 Å². The summed E-state index contributed by atoms with van der Waals surface area (Å²) in [6.07, 6.45) is 7.17. The van der Waals surface area contributed by atoms with Gasteiger partial charge in [-0.3, -0.25) is 15.4 Å². The zero-order valence-corrected chi connectivity index (χ0v) is 27.4. The molecule has 0 radical (unpaired) electrons. The van der Waals surface area contributed by atoms with Gasteiger partial charge < -0.3 is 34.9 Å². The molecular formula is C34H53N7O4. The number of anilines is 3. The number of carbonyl (C=O) groups is 2. The fourth-order valence-corrected chi connectivity index (χ4v) is 6.43. The number of nitrogens with zero attached hydrogens (tertiary/aromatic N) is 4. The van der Waals surface area contributed by atoms with Crippen molar-refractivity contribution in [1.29, 1.82) is 0 Å². The summed E-state index contributed by atoms with van der Waals surface area (Å²) in [6, 6.07) is 10.9. The van der Waals surface area contributed by atoms with Gasteiger partial charge >= 0.3 is 0 Å². The molecule has 2 atom stereocenters. The number of unbranched alkanes of at least 4 members (excludes halogenated alkanes) is 1. The summed E-state index contributed by atoms with van der Waals surface area (Å²) in [5.74, 6) is 8.86. The van der Waals surface area contributed by atoms with Crippen LogP contribution in [0.5, 0.6) is 5.88 Å². The van der Waals surface area contributed by atoms with Gasteiger partial charge in [0.05, 0.1) is 19.4 Å². The Morgan fingerprint density at radius 2 is 1.98 bits per heavy atom. The Morgan fingerprint density at radius 1 is 1.18 bits per heavy atom. The molecule has 3 aliphatic rings. The average Bonchev–Trinajstić information content (AvgIpc) is 3.55. The smallest absolute Gasteiger partial charge is 0.292 e. The molecule has 11 heteroatoms. The van der Waals surface area contributed by atoms with Crippen molar-refractivity contribution >= 4 is 29.6 Å². The van der Waals surface area contributed by atoms with Crippen LogP contribution in [0.2, 0.25) is 0 Å². The summed E-state index contributed by atoms with van der Waals surface area (Å²) in [5.41, 5.74) is 7.64. The highest BCUT2D eigenvalue weighted by Gasteiger charge is 2.27. The molecular weight excluding hydrogens is 570 g/mol. The number of aryl methyl sites for hydroxylation is 1. The van der Waals surface area contributed by atoms with E-state index in [1.54, 1.807) is 0 Å². The highest BCUT2D eigenvalue weighted by atomic mass is 16.5. The number of nitrogens with two attached hydrogens (primary N) is 1. The first-order valence-electron chi connectivity index (χ1n) is 16.7. The Labute approximate surface area is 268 Å². The molecule has 5 rings (SSSR count). The lowest BCUT2D eigenvalue weighted by molar-refractivity contribution is -0.131. The van der Waals surface area contributed by atoms with Crippen molar-refractivity contribution in [2.24, 2.45) is 11.8 Å². The third-order valence-corrected chi connectivity index (χ3v) is 9.09. The summed E-state index contributed by atoms with van der Waals surface area (Å²) in [6.45, 7) is 12.9. The maximum atomic E-state index is 12.5. The number of rotatable bonds is 13. The Bertz CT molecular complexity index is 1220. The topological polar surface area (TPSA) is 125 Å². The number of carbonyl (C=O) groups excluding carboxylic acids is 2. The third-order valence-electron chi connectivity index (χ3n) is 9.09. The molecule has 4 heterocycles. The lowest BCUT2D eigenvalue weighted by Crippen LogP contribution is -2.48. The van der Waals surface area contributed by atoms with Crippen molar-refractivity contribution in [2.75, 3.05) is 81.7 Å². The first-order chi connectivity index (χ1) is 22.0. The van der Waals surface area contributed by atoms with Crippen LogP contribution in [0.3, 0.4) is 0 Å². The Balaban J connectivity index is 0.00000109.